The summed E-state index contributed by atoms with van der Waals surface area (Å²) in [4.78, 5) is 18.7. The van der Waals surface area contributed by atoms with Crippen LogP contribution in [0.4, 0.5) is 0 Å². The molecule has 26 heavy (non-hydrogen) atoms. The van der Waals surface area contributed by atoms with Crippen LogP contribution in [0.15, 0.2) is 55.1 Å². The smallest absolute Gasteiger partial charge is 0.228 e. The van der Waals surface area contributed by atoms with Crippen molar-refractivity contribution in [3.63, 3.8) is 0 Å². The van der Waals surface area contributed by atoms with Gasteiger partial charge in [-0.15, -0.1) is 0 Å². The number of hydrogen-bond donors (Lipinski definition) is 1. The first-order valence-corrected chi connectivity index (χ1v) is 8.71. The van der Waals surface area contributed by atoms with Gasteiger partial charge in [-0.25, -0.2) is 9.67 Å². The number of benzene rings is 1. The monoisotopic (exact) mass is 350 g/mol. The van der Waals surface area contributed by atoms with E-state index in [-0.39, 0.29) is 24.3 Å². The van der Waals surface area contributed by atoms with Gasteiger partial charge in [-0.3, -0.25) is 4.79 Å². The number of para-hydroxylation sites is 1. The first-order valence-electron chi connectivity index (χ1n) is 8.71. The normalized spacial score (nSPS) is 19.8. The van der Waals surface area contributed by atoms with Crippen LogP contribution in [0.5, 0.6) is 0 Å². The van der Waals surface area contributed by atoms with Crippen molar-refractivity contribution in [2.24, 2.45) is 12.8 Å². The molecule has 0 aliphatic carbocycles. The number of aryl methyl sites for hydroxylation is 1. The van der Waals surface area contributed by atoms with Crippen molar-refractivity contribution in [3.05, 3.63) is 66.5 Å². The highest BCUT2D eigenvalue weighted by molar-refractivity contribution is 5.78. The lowest BCUT2D eigenvalue weighted by atomic mass is 10.0. The molecule has 1 fully saturated rings. The summed E-state index contributed by atoms with van der Waals surface area (Å²) in [5, 5.41) is 4.52. The van der Waals surface area contributed by atoms with Crippen molar-refractivity contribution in [2.75, 3.05) is 13.1 Å². The first-order chi connectivity index (χ1) is 12.6. The molecule has 4 rings (SSSR count). The van der Waals surface area contributed by atoms with Crippen molar-refractivity contribution in [2.45, 2.75) is 18.4 Å². The number of imidazole rings is 1. The lowest BCUT2D eigenvalue weighted by Crippen LogP contribution is -2.33. The van der Waals surface area contributed by atoms with E-state index in [0.29, 0.717) is 13.1 Å². The van der Waals surface area contributed by atoms with E-state index in [0.717, 1.165) is 17.1 Å². The van der Waals surface area contributed by atoms with E-state index in [1.165, 1.54) is 0 Å². The van der Waals surface area contributed by atoms with Gasteiger partial charge in [-0.1, -0.05) is 18.2 Å². The Morgan fingerprint density at radius 1 is 1.23 bits per heavy atom. The van der Waals surface area contributed by atoms with Crippen LogP contribution in [0.3, 0.4) is 0 Å². The van der Waals surface area contributed by atoms with E-state index in [1.54, 1.807) is 11.0 Å². The fourth-order valence-electron chi connectivity index (χ4n) is 3.52. The number of carbonyl (C=O) groups is 1. The van der Waals surface area contributed by atoms with Gasteiger partial charge < -0.3 is 15.2 Å². The molecule has 0 radical (unpaired) electrons. The highest BCUT2D eigenvalue weighted by atomic mass is 16.2. The molecule has 1 saturated heterocycles. The van der Waals surface area contributed by atoms with Gasteiger partial charge in [0.1, 0.15) is 0 Å². The maximum absolute atomic E-state index is 12.7. The van der Waals surface area contributed by atoms with Crippen molar-refractivity contribution in [3.8, 4) is 5.69 Å². The van der Waals surface area contributed by atoms with Gasteiger partial charge in [-0.05, 0) is 18.2 Å². The van der Waals surface area contributed by atoms with E-state index in [2.05, 4.69) is 10.1 Å². The Labute approximate surface area is 152 Å². The van der Waals surface area contributed by atoms with E-state index in [1.807, 2.05) is 65.3 Å². The van der Waals surface area contributed by atoms with Crippen LogP contribution < -0.4 is 5.73 Å². The van der Waals surface area contributed by atoms with Crippen molar-refractivity contribution >= 4 is 5.91 Å². The Morgan fingerprint density at radius 3 is 2.77 bits per heavy atom. The van der Waals surface area contributed by atoms with Crippen LogP contribution >= 0.6 is 0 Å². The highest BCUT2D eigenvalue weighted by Gasteiger charge is 2.35. The van der Waals surface area contributed by atoms with Gasteiger partial charge in [-0.2, -0.15) is 5.10 Å². The maximum Gasteiger partial charge on any atom is 0.228 e. The topological polar surface area (TPSA) is 82.0 Å². The van der Waals surface area contributed by atoms with Crippen LogP contribution in [0, 0.1) is 0 Å². The molecular weight excluding hydrogens is 328 g/mol. The third kappa shape index (κ3) is 3.13. The predicted molar refractivity (Wildman–Crippen MR) is 97.8 cm³/mol. The van der Waals surface area contributed by atoms with E-state index in [4.69, 9.17) is 5.73 Å². The van der Waals surface area contributed by atoms with Crippen LogP contribution in [-0.2, 0) is 18.3 Å². The molecule has 2 N–H and O–H groups in total. The maximum atomic E-state index is 12.7. The molecule has 1 aliphatic rings. The molecule has 1 amide bonds. The first kappa shape index (κ1) is 16.5. The number of carbonyl (C=O) groups excluding carboxylic acids is 1. The fourth-order valence-corrected chi connectivity index (χ4v) is 3.52. The van der Waals surface area contributed by atoms with Crippen LogP contribution in [0.25, 0.3) is 5.69 Å². The molecule has 7 heteroatoms. The zero-order valence-electron chi connectivity index (χ0n) is 14.7. The van der Waals surface area contributed by atoms with Crippen LogP contribution in [-0.4, -0.2) is 49.3 Å². The Bertz CT molecular complexity index is 900. The number of nitrogens with two attached hydrogens (primary N) is 1. The minimum atomic E-state index is -0.0729. The van der Waals surface area contributed by atoms with Crippen molar-refractivity contribution in [1.82, 2.24) is 24.2 Å². The van der Waals surface area contributed by atoms with Gasteiger partial charge in [0.2, 0.25) is 5.91 Å². The second-order valence-corrected chi connectivity index (χ2v) is 6.76. The number of hydrogen-bond acceptors (Lipinski definition) is 4. The standard InChI is InChI=1S/C19H22N6O/c1-23-13-21-10-18(23)16-11-24(12-17(16)20)19(26)9-14-7-8-25(22-14)15-5-3-2-4-6-15/h2-8,10,13,16-17H,9,11-12,20H2,1H3/t16-,17-/m1/s1. The summed E-state index contributed by atoms with van der Waals surface area (Å²) in [5.41, 5.74) is 9.09. The summed E-state index contributed by atoms with van der Waals surface area (Å²) in [6, 6.07) is 11.7. The molecule has 2 atom stereocenters. The molecule has 2 aromatic heterocycles. The Hall–Kier alpha value is -2.93. The average Bonchev–Trinajstić information content (AvgIpc) is 3.36. The number of nitrogens with zero attached hydrogens (tertiary/aromatic N) is 5. The molecule has 3 aromatic rings. The molecule has 134 valence electrons. The summed E-state index contributed by atoms with van der Waals surface area (Å²) in [6.45, 7) is 1.19. The number of rotatable bonds is 4. The quantitative estimate of drug-likeness (QED) is 0.764. The Balaban J connectivity index is 1.43. The summed E-state index contributed by atoms with van der Waals surface area (Å²) in [7, 11) is 1.95. The second kappa shape index (κ2) is 6.76. The lowest BCUT2D eigenvalue weighted by Gasteiger charge is -2.16. The van der Waals surface area contributed by atoms with Crippen molar-refractivity contribution < 1.29 is 4.79 Å². The van der Waals surface area contributed by atoms with E-state index >= 15 is 0 Å². The van der Waals surface area contributed by atoms with Crippen molar-refractivity contribution in [1.29, 1.82) is 0 Å². The molecule has 0 spiro atoms. The molecule has 1 aromatic carbocycles. The van der Waals surface area contributed by atoms with Crippen LogP contribution in [0.2, 0.25) is 0 Å². The SMILES string of the molecule is Cn1cncc1[C@@H]1CN(C(=O)Cc2ccn(-c3ccccc3)n2)C[C@H]1N. The van der Waals surface area contributed by atoms with Gasteiger partial charge >= 0.3 is 0 Å². The summed E-state index contributed by atoms with van der Waals surface area (Å²) >= 11 is 0. The lowest BCUT2D eigenvalue weighted by molar-refractivity contribution is -0.129. The largest absolute Gasteiger partial charge is 0.340 e. The van der Waals surface area contributed by atoms with E-state index < -0.39 is 0 Å². The third-order valence-corrected chi connectivity index (χ3v) is 4.95. The zero-order valence-corrected chi connectivity index (χ0v) is 14.7. The number of aromatic nitrogens is 4. The van der Waals surface area contributed by atoms with Gasteiger partial charge in [0, 0.05) is 50.2 Å². The molecule has 0 unspecified atom stereocenters. The van der Waals surface area contributed by atoms with Gasteiger partial charge in [0.15, 0.2) is 0 Å². The molecule has 0 bridgehead atoms. The van der Waals surface area contributed by atoms with Gasteiger partial charge in [0.05, 0.1) is 24.1 Å². The molecular formula is C19H22N6O. The number of amides is 1. The summed E-state index contributed by atoms with van der Waals surface area (Å²) in [5.74, 6) is 0.178. The minimum Gasteiger partial charge on any atom is -0.340 e. The minimum absolute atomic E-state index is 0.0587. The average molecular weight is 350 g/mol. The highest BCUT2D eigenvalue weighted by Crippen LogP contribution is 2.26. The molecule has 1 aliphatic heterocycles. The predicted octanol–water partition coefficient (Wildman–Crippen LogP) is 1.10. The van der Waals surface area contributed by atoms with E-state index in [9.17, 15) is 4.79 Å². The number of likely N-dealkylation sites (tertiary alicyclic amines) is 1. The van der Waals surface area contributed by atoms with Gasteiger partial charge in [0.25, 0.3) is 0 Å². The Morgan fingerprint density at radius 2 is 2.04 bits per heavy atom. The summed E-state index contributed by atoms with van der Waals surface area (Å²) < 4.78 is 3.76. The molecule has 0 saturated carbocycles. The Kier molecular flexibility index (Phi) is 4.30. The fraction of sp³-hybridized carbons (Fsp3) is 0.316. The third-order valence-electron chi connectivity index (χ3n) is 4.95. The zero-order chi connectivity index (χ0) is 18.1. The molecule has 3 heterocycles. The van der Waals surface area contributed by atoms with Crippen LogP contribution in [0.1, 0.15) is 17.3 Å². The molecule has 7 nitrogen and oxygen atoms in total. The summed E-state index contributed by atoms with van der Waals surface area (Å²) in [6.07, 6.45) is 5.76. The second-order valence-electron chi connectivity index (χ2n) is 6.76.